The average Bonchev–Trinajstić information content (AvgIpc) is 1.53. The molecule has 1 fully saturated rings. The van der Waals surface area contributed by atoms with Crippen molar-refractivity contribution in [1.82, 2.24) is 9.80 Å². The number of anilines is 3. The first kappa shape index (κ1) is 70.1. The largest absolute Gasteiger partial charge is 0.311 e. The predicted octanol–water partition coefficient (Wildman–Crippen LogP) is 25.6. The van der Waals surface area contributed by atoms with Crippen molar-refractivity contribution in [3.63, 3.8) is 0 Å². The van der Waals surface area contributed by atoms with Crippen LogP contribution in [0.1, 0.15) is 270 Å². The molecule has 1 saturated heterocycles. The molecule has 7 heteroatoms. The molecule has 0 radical (unpaired) electrons. The van der Waals surface area contributed by atoms with Crippen LogP contribution in [0.2, 0.25) is 0 Å². The van der Waals surface area contributed by atoms with Crippen LogP contribution in [0.25, 0.3) is 51.6 Å². The Kier molecular flexibility index (Phi) is 25.2. The van der Waals surface area contributed by atoms with Gasteiger partial charge >= 0.3 is 0 Å². The van der Waals surface area contributed by atoms with Gasteiger partial charge in [0.05, 0.1) is 0 Å². The van der Waals surface area contributed by atoms with E-state index in [1.165, 1.54) is 229 Å². The number of carbonyl (C=O) groups excluding carboxylic acids is 2. The summed E-state index contributed by atoms with van der Waals surface area (Å²) in [6, 6.07) is 52.0. The number of thiocarbonyl (C=S) groups is 1. The molecule has 2 amide bonds. The van der Waals surface area contributed by atoms with E-state index in [1.54, 1.807) is 45.2 Å². The first-order valence-electron chi connectivity index (χ1n) is 37.1. The van der Waals surface area contributed by atoms with Gasteiger partial charge < -0.3 is 4.90 Å². The van der Waals surface area contributed by atoms with Crippen molar-refractivity contribution in [2.75, 3.05) is 18.0 Å². The van der Waals surface area contributed by atoms with Gasteiger partial charge in [-0.05, 0) is 206 Å². The number of hydrogen-bond acceptors (Lipinski definition) is 5. The molecule has 5 nitrogen and oxygen atoms in total. The number of thiophene rings is 1. The van der Waals surface area contributed by atoms with Crippen LogP contribution in [0.5, 0.6) is 0 Å². The number of aryl methyl sites for hydroxylation is 2. The van der Waals surface area contributed by atoms with E-state index in [1.807, 2.05) is 26.0 Å². The Balaban J connectivity index is 0.994. The fourth-order valence-corrected chi connectivity index (χ4v) is 17.1. The SMILES string of the molecule is CCCCCCCCC1(CCCCCCCC)c2cc(C)ccc2-c2cc3c(cc21)-c1ccc(-c2ccc(N(c4ccc(C)cc4)c4ccc(/C=C/c5ccc(C=C6C(=O)N(CC)C(=S)N(CC)C6=O)s5)cc4)cc2)cc1C3(CCCCCCCC)CCCCCCCC. The van der Waals surface area contributed by atoms with Gasteiger partial charge in [-0.2, -0.15) is 0 Å². The molecule has 1 aliphatic heterocycles. The van der Waals surface area contributed by atoms with Crippen LogP contribution in [0.3, 0.4) is 0 Å². The summed E-state index contributed by atoms with van der Waals surface area (Å²) in [6.45, 7) is 18.4. The second-order valence-electron chi connectivity index (χ2n) is 27.8. The number of hydrogen-bond donors (Lipinski definition) is 0. The summed E-state index contributed by atoms with van der Waals surface area (Å²) < 4.78 is 0. The van der Waals surface area contributed by atoms with Crippen molar-refractivity contribution in [3.05, 3.63) is 188 Å². The molecule has 7 aromatic rings. The molecule has 2 aliphatic carbocycles. The zero-order valence-corrected chi connectivity index (χ0v) is 60.3. The lowest BCUT2D eigenvalue weighted by atomic mass is 9.68. The Hall–Kier alpha value is -6.67. The van der Waals surface area contributed by atoms with Gasteiger partial charge in [-0.3, -0.25) is 19.4 Å². The third-order valence-corrected chi connectivity index (χ3v) is 22.6. The molecule has 2 heterocycles. The quantitative estimate of drug-likeness (QED) is 0.0168. The van der Waals surface area contributed by atoms with E-state index in [4.69, 9.17) is 12.2 Å². The van der Waals surface area contributed by atoms with Crippen molar-refractivity contribution in [1.29, 1.82) is 0 Å². The van der Waals surface area contributed by atoms with Crippen molar-refractivity contribution < 1.29 is 9.59 Å². The molecule has 0 bridgehead atoms. The van der Waals surface area contributed by atoms with E-state index < -0.39 is 0 Å². The average molecular weight is 1290 g/mol. The summed E-state index contributed by atoms with van der Waals surface area (Å²) in [6.07, 6.45) is 42.4. The summed E-state index contributed by atoms with van der Waals surface area (Å²) in [7, 11) is 0. The van der Waals surface area contributed by atoms with Crippen LogP contribution >= 0.6 is 23.6 Å². The van der Waals surface area contributed by atoms with E-state index in [9.17, 15) is 9.59 Å². The Morgan fingerprint density at radius 2 is 0.777 bits per heavy atom. The minimum Gasteiger partial charge on any atom is -0.311 e. The number of fused-ring (bicyclic) bond motifs is 6. The van der Waals surface area contributed by atoms with Crippen molar-refractivity contribution in [2.45, 2.75) is 246 Å². The van der Waals surface area contributed by atoms with Gasteiger partial charge in [-0.15, -0.1) is 11.3 Å². The molecular formula is C87H109N3O2S2. The Morgan fingerprint density at radius 3 is 1.24 bits per heavy atom. The number of likely N-dealkylation sites (N-methyl/N-ethyl adjacent to an activating group) is 2. The first-order chi connectivity index (χ1) is 45.9. The maximum atomic E-state index is 13.4. The highest BCUT2D eigenvalue weighted by Gasteiger charge is 2.48. The molecule has 0 N–H and O–H groups in total. The zero-order valence-electron chi connectivity index (χ0n) is 58.6. The molecule has 496 valence electrons. The topological polar surface area (TPSA) is 43.9 Å². The summed E-state index contributed by atoms with van der Waals surface area (Å²) in [5.41, 5.74) is 22.2. The minimum atomic E-state index is -0.338. The number of amides is 2. The molecule has 6 aromatic carbocycles. The van der Waals surface area contributed by atoms with E-state index >= 15 is 0 Å². The number of rotatable bonds is 37. The van der Waals surface area contributed by atoms with E-state index in [0.29, 0.717) is 13.1 Å². The van der Waals surface area contributed by atoms with E-state index in [-0.39, 0.29) is 33.3 Å². The maximum Gasteiger partial charge on any atom is 0.265 e. The molecule has 94 heavy (non-hydrogen) atoms. The summed E-state index contributed by atoms with van der Waals surface area (Å²) >= 11 is 7.04. The lowest BCUT2D eigenvalue weighted by molar-refractivity contribution is -0.133. The van der Waals surface area contributed by atoms with Gasteiger partial charge in [0, 0.05) is 50.7 Å². The highest BCUT2D eigenvalue weighted by Crippen LogP contribution is 2.61. The summed E-state index contributed by atoms with van der Waals surface area (Å²) in [5, 5.41) is 0.274. The molecular weight excluding hydrogens is 1180 g/mol. The second-order valence-corrected chi connectivity index (χ2v) is 29.3. The van der Waals surface area contributed by atoms with Crippen LogP contribution in [0.15, 0.2) is 139 Å². The molecule has 10 rings (SSSR count). The molecule has 0 saturated carbocycles. The standard InChI is InChI=1S/C87H109N3O2S2/c1-9-15-19-23-27-31-55-86(56-32-28-24-20-16-10-2)79-59-65(8)37-53-74(79)76-62-82-77(63-81(76)86)75-54-43-68(60-80(75)87(82,57-33-29-25-21-17-11-3)58-34-30-26-22-18-12-4)67-41-48-71(49-42-67)90(69-44-35-64(7)36-45-69)70-46-38-66(39-47-70)40-50-72-51-52-73(94-72)61-78-83(91)88(13-5)85(93)89(14-6)84(78)92/h35-54,59-63H,9-34,55-58H2,1-8H3/b50-40+. The number of benzene rings is 6. The van der Waals surface area contributed by atoms with E-state index in [2.05, 4.69) is 180 Å². The molecule has 3 aliphatic rings. The molecule has 0 unspecified atom stereocenters. The molecule has 0 spiro atoms. The zero-order chi connectivity index (χ0) is 66.0. The lowest BCUT2D eigenvalue weighted by Gasteiger charge is -2.35. The third kappa shape index (κ3) is 15.9. The van der Waals surface area contributed by atoms with Crippen LogP contribution in [-0.4, -0.2) is 39.8 Å². The van der Waals surface area contributed by atoms with Crippen molar-refractivity contribution in [3.8, 4) is 33.4 Å². The van der Waals surface area contributed by atoms with Crippen LogP contribution in [0.4, 0.5) is 17.1 Å². The highest BCUT2D eigenvalue weighted by atomic mass is 32.1. The Labute approximate surface area is 576 Å². The Morgan fingerprint density at radius 1 is 0.394 bits per heavy atom. The third-order valence-electron chi connectivity index (χ3n) is 21.1. The smallest absolute Gasteiger partial charge is 0.265 e. The minimum absolute atomic E-state index is 0.0299. The number of unbranched alkanes of at least 4 members (excludes halogenated alkanes) is 20. The maximum absolute atomic E-state index is 13.4. The monoisotopic (exact) mass is 1290 g/mol. The normalized spacial score (nSPS) is 14.5. The van der Waals surface area contributed by atoms with E-state index in [0.717, 1.165) is 32.4 Å². The Bertz CT molecular complexity index is 3650. The molecule has 1 aromatic heterocycles. The number of carbonyl (C=O) groups is 2. The lowest BCUT2D eigenvalue weighted by Crippen LogP contribution is -2.55. The fourth-order valence-electron chi connectivity index (χ4n) is 15.8. The van der Waals surface area contributed by atoms with Gasteiger partial charge in [0.1, 0.15) is 5.57 Å². The molecule has 0 atom stereocenters. The van der Waals surface area contributed by atoms with Gasteiger partial charge in [0.15, 0.2) is 5.11 Å². The van der Waals surface area contributed by atoms with Gasteiger partial charge in [0.2, 0.25) is 0 Å². The van der Waals surface area contributed by atoms with Gasteiger partial charge in [0.25, 0.3) is 11.8 Å². The highest BCUT2D eigenvalue weighted by molar-refractivity contribution is 7.80. The fraction of sp³-hybridized carbons (Fsp3) is 0.460. The van der Waals surface area contributed by atoms with Gasteiger partial charge in [-0.1, -0.05) is 266 Å². The van der Waals surface area contributed by atoms with Gasteiger partial charge in [-0.25, -0.2) is 0 Å². The second kappa shape index (κ2) is 33.8. The van der Waals surface area contributed by atoms with Crippen LogP contribution < -0.4 is 4.90 Å². The summed E-state index contributed by atoms with van der Waals surface area (Å²) in [5.74, 6) is -0.675. The number of nitrogens with zero attached hydrogens (tertiary/aromatic N) is 3. The van der Waals surface area contributed by atoms with Crippen LogP contribution in [0, 0.1) is 13.8 Å². The summed E-state index contributed by atoms with van der Waals surface area (Å²) in [4.78, 5) is 34.0. The predicted molar refractivity (Wildman–Crippen MR) is 409 cm³/mol. The first-order valence-corrected chi connectivity index (χ1v) is 38.3. The van der Waals surface area contributed by atoms with Crippen molar-refractivity contribution >= 4 is 75.8 Å². The van der Waals surface area contributed by atoms with Crippen LogP contribution in [-0.2, 0) is 20.4 Å². The van der Waals surface area contributed by atoms with Crippen molar-refractivity contribution in [2.24, 2.45) is 0 Å².